The molecule has 0 saturated heterocycles. The summed E-state index contributed by atoms with van der Waals surface area (Å²) in [6.07, 6.45) is 7.36. The molecule has 1 aromatic carbocycles. The molecule has 7 heteroatoms. The van der Waals surface area contributed by atoms with Crippen molar-refractivity contribution in [3.05, 3.63) is 64.8 Å². The molecule has 1 amide bonds. The number of rotatable bonds is 6. The van der Waals surface area contributed by atoms with Crippen LogP contribution in [0, 0.1) is 0 Å². The Morgan fingerprint density at radius 1 is 1.14 bits per heavy atom. The molecule has 0 spiro atoms. The maximum atomic E-state index is 12.9. The lowest BCUT2D eigenvalue weighted by molar-refractivity contribution is -0.123. The zero-order chi connectivity index (χ0) is 19.3. The summed E-state index contributed by atoms with van der Waals surface area (Å²) in [6, 6.07) is 11.0. The SMILES string of the molecule is O=C(COc1cccnc1)NCc1nn(C2CCCC2)c(=O)c2ccccc12. The second kappa shape index (κ2) is 8.21. The van der Waals surface area contributed by atoms with Crippen LogP contribution in [0.4, 0.5) is 0 Å². The predicted molar refractivity (Wildman–Crippen MR) is 105 cm³/mol. The molecule has 0 aliphatic heterocycles. The Hall–Kier alpha value is -3.22. The topological polar surface area (TPSA) is 86.1 Å². The molecular weight excluding hydrogens is 356 g/mol. The van der Waals surface area contributed by atoms with Gasteiger partial charge >= 0.3 is 0 Å². The fourth-order valence-corrected chi connectivity index (χ4v) is 3.62. The summed E-state index contributed by atoms with van der Waals surface area (Å²) in [7, 11) is 0. The van der Waals surface area contributed by atoms with Crippen molar-refractivity contribution >= 4 is 16.7 Å². The molecule has 2 aromatic heterocycles. The summed E-state index contributed by atoms with van der Waals surface area (Å²) < 4.78 is 7.03. The van der Waals surface area contributed by atoms with E-state index in [0.717, 1.165) is 31.1 Å². The van der Waals surface area contributed by atoms with Gasteiger partial charge in [0, 0.05) is 11.6 Å². The van der Waals surface area contributed by atoms with Crippen LogP contribution in [0.1, 0.15) is 37.4 Å². The predicted octanol–water partition coefficient (Wildman–Crippen LogP) is 2.60. The van der Waals surface area contributed by atoms with E-state index in [9.17, 15) is 9.59 Å². The molecule has 4 rings (SSSR count). The molecule has 3 aromatic rings. The van der Waals surface area contributed by atoms with Gasteiger partial charge in [-0.2, -0.15) is 5.10 Å². The fourth-order valence-electron chi connectivity index (χ4n) is 3.62. The summed E-state index contributed by atoms with van der Waals surface area (Å²) in [4.78, 5) is 29.0. The first-order chi connectivity index (χ1) is 13.7. The van der Waals surface area contributed by atoms with Gasteiger partial charge in [-0.25, -0.2) is 4.68 Å². The highest BCUT2D eigenvalue weighted by Gasteiger charge is 2.21. The highest BCUT2D eigenvalue weighted by Crippen LogP contribution is 2.28. The number of amides is 1. The molecule has 1 N–H and O–H groups in total. The third-order valence-electron chi connectivity index (χ3n) is 5.03. The molecule has 28 heavy (non-hydrogen) atoms. The summed E-state index contributed by atoms with van der Waals surface area (Å²) in [5, 5.41) is 8.86. The van der Waals surface area contributed by atoms with E-state index in [2.05, 4.69) is 15.4 Å². The molecule has 1 fully saturated rings. The molecule has 0 atom stereocenters. The minimum absolute atomic E-state index is 0.0579. The number of nitrogens with zero attached hydrogens (tertiary/aromatic N) is 3. The number of carbonyl (C=O) groups excluding carboxylic acids is 1. The minimum atomic E-state index is -0.256. The van der Waals surface area contributed by atoms with E-state index in [4.69, 9.17) is 4.74 Å². The Balaban J connectivity index is 1.52. The zero-order valence-electron chi connectivity index (χ0n) is 15.5. The number of carbonyl (C=O) groups is 1. The zero-order valence-corrected chi connectivity index (χ0v) is 15.5. The molecule has 1 aliphatic carbocycles. The van der Waals surface area contributed by atoms with E-state index in [-0.39, 0.29) is 30.7 Å². The monoisotopic (exact) mass is 378 g/mol. The van der Waals surface area contributed by atoms with Crippen molar-refractivity contribution in [2.45, 2.75) is 38.3 Å². The number of benzene rings is 1. The van der Waals surface area contributed by atoms with Crippen LogP contribution in [-0.4, -0.2) is 27.3 Å². The summed E-state index contributed by atoms with van der Waals surface area (Å²) >= 11 is 0. The van der Waals surface area contributed by atoms with E-state index in [1.54, 1.807) is 29.2 Å². The number of fused-ring (bicyclic) bond motifs is 1. The van der Waals surface area contributed by atoms with Crippen molar-refractivity contribution in [1.29, 1.82) is 0 Å². The van der Waals surface area contributed by atoms with Gasteiger partial charge in [-0.1, -0.05) is 31.0 Å². The molecule has 7 nitrogen and oxygen atoms in total. The van der Waals surface area contributed by atoms with Gasteiger partial charge < -0.3 is 10.1 Å². The maximum Gasteiger partial charge on any atom is 0.274 e. The molecule has 144 valence electrons. The van der Waals surface area contributed by atoms with Crippen molar-refractivity contribution in [3.8, 4) is 5.75 Å². The fraction of sp³-hybridized carbons (Fsp3) is 0.333. The average Bonchev–Trinajstić information content (AvgIpc) is 3.27. The Kier molecular flexibility index (Phi) is 5.32. The second-order valence-corrected chi connectivity index (χ2v) is 6.93. The lowest BCUT2D eigenvalue weighted by Gasteiger charge is -2.16. The van der Waals surface area contributed by atoms with Crippen molar-refractivity contribution < 1.29 is 9.53 Å². The van der Waals surface area contributed by atoms with E-state index >= 15 is 0 Å². The van der Waals surface area contributed by atoms with Crippen LogP contribution in [-0.2, 0) is 11.3 Å². The molecule has 0 bridgehead atoms. The third-order valence-corrected chi connectivity index (χ3v) is 5.03. The Morgan fingerprint density at radius 3 is 2.68 bits per heavy atom. The van der Waals surface area contributed by atoms with Gasteiger partial charge in [-0.15, -0.1) is 0 Å². The number of ether oxygens (including phenoxy) is 1. The first-order valence-electron chi connectivity index (χ1n) is 9.52. The lowest BCUT2D eigenvalue weighted by atomic mass is 10.1. The van der Waals surface area contributed by atoms with Gasteiger partial charge in [0.2, 0.25) is 0 Å². The molecule has 1 aliphatic rings. The van der Waals surface area contributed by atoms with Crippen molar-refractivity contribution in [1.82, 2.24) is 20.1 Å². The first-order valence-corrected chi connectivity index (χ1v) is 9.52. The Bertz CT molecular complexity index is 1030. The van der Waals surface area contributed by atoms with Crippen LogP contribution >= 0.6 is 0 Å². The van der Waals surface area contributed by atoms with Crippen molar-refractivity contribution in [2.75, 3.05) is 6.61 Å². The van der Waals surface area contributed by atoms with Gasteiger partial charge in [0.15, 0.2) is 6.61 Å². The largest absolute Gasteiger partial charge is 0.482 e. The van der Waals surface area contributed by atoms with Gasteiger partial charge in [0.25, 0.3) is 11.5 Å². The standard InChI is InChI=1S/C21H22N4O3/c26-20(14-28-16-8-5-11-22-12-16)23-13-19-17-9-3-4-10-18(17)21(27)25(24-19)15-6-1-2-7-15/h3-5,8-12,15H,1-2,6-7,13-14H2,(H,23,26). The summed E-state index contributed by atoms with van der Waals surface area (Å²) in [5.74, 6) is 0.282. The quantitative estimate of drug-likeness (QED) is 0.713. The normalized spacial score (nSPS) is 14.3. The van der Waals surface area contributed by atoms with E-state index in [0.29, 0.717) is 16.8 Å². The lowest BCUT2D eigenvalue weighted by Crippen LogP contribution is -2.32. The third kappa shape index (κ3) is 3.88. The number of aromatic nitrogens is 3. The van der Waals surface area contributed by atoms with Gasteiger partial charge in [0.1, 0.15) is 5.75 Å². The molecular formula is C21H22N4O3. The van der Waals surface area contributed by atoms with Crippen LogP contribution < -0.4 is 15.6 Å². The highest BCUT2D eigenvalue weighted by atomic mass is 16.5. The van der Waals surface area contributed by atoms with Crippen LogP contribution in [0.15, 0.2) is 53.6 Å². The minimum Gasteiger partial charge on any atom is -0.482 e. The van der Waals surface area contributed by atoms with Crippen molar-refractivity contribution in [2.24, 2.45) is 0 Å². The first kappa shape index (κ1) is 18.2. The maximum absolute atomic E-state index is 12.9. The molecule has 1 saturated carbocycles. The number of pyridine rings is 1. The highest BCUT2D eigenvalue weighted by molar-refractivity contribution is 5.84. The van der Waals surface area contributed by atoms with Crippen LogP contribution in [0.2, 0.25) is 0 Å². The average molecular weight is 378 g/mol. The number of hydrogen-bond acceptors (Lipinski definition) is 5. The molecule has 2 heterocycles. The van der Waals surface area contributed by atoms with E-state index in [1.807, 2.05) is 24.3 Å². The van der Waals surface area contributed by atoms with E-state index in [1.165, 1.54) is 0 Å². The van der Waals surface area contributed by atoms with Gasteiger partial charge in [-0.05, 0) is 31.0 Å². The number of hydrogen-bond donors (Lipinski definition) is 1. The smallest absolute Gasteiger partial charge is 0.274 e. The summed E-state index contributed by atoms with van der Waals surface area (Å²) in [6.45, 7) is 0.134. The summed E-state index contributed by atoms with van der Waals surface area (Å²) in [5.41, 5.74) is 0.634. The van der Waals surface area contributed by atoms with Gasteiger partial charge in [-0.3, -0.25) is 14.6 Å². The second-order valence-electron chi connectivity index (χ2n) is 6.93. The van der Waals surface area contributed by atoms with Crippen LogP contribution in [0.5, 0.6) is 5.75 Å². The van der Waals surface area contributed by atoms with Crippen LogP contribution in [0.25, 0.3) is 10.8 Å². The Labute approximate surface area is 162 Å². The number of nitrogens with one attached hydrogen (secondary N) is 1. The van der Waals surface area contributed by atoms with Crippen LogP contribution in [0.3, 0.4) is 0 Å². The Morgan fingerprint density at radius 2 is 1.93 bits per heavy atom. The van der Waals surface area contributed by atoms with Gasteiger partial charge in [0.05, 0.1) is 29.9 Å². The molecule has 0 radical (unpaired) electrons. The van der Waals surface area contributed by atoms with E-state index < -0.39 is 0 Å². The molecule has 0 unspecified atom stereocenters. The van der Waals surface area contributed by atoms with Crippen molar-refractivity contribution in [3.63, 3.8) is 0 Å².